The summed E-state index contributed by atoms with van der Waals surface area (Å²) < 4.78 is 2.16. The van der Waals surface area contributed by atoms with E-state index in [1.54, 1.807) is 30.3 Å². The third kappa shape index (κ3) is 3.92. The van der Waals surface area contributed by atoms with E-state index in [-0.39, 0.29) is 18.5 Å². The molecule has 10 heteroatoms. The maximum Gasteiger partial charge on any atom is 0.369 e. The van der Waals surface area contributed by atoms with Crippen LogP contribution in [0.2, 0.25) is 10.0 Å². The Bertz CT molecular complexity index is 951. The fourth-order valence-corrected chi connectivity index (χ4v) is 3.17. The first kappa shape index (κ1) is 17.7. The Kier molecular flexibility index (Phi) is 5.22. The van der Waals surface area contributed by atoms with Gasteiger partial charge in [-0.15, -0.1) is 11.3 Å². The first-order valence-corrected chi connectivity index (χ1v) is 8.90. The van der Waals surface area contributed by atoms with Crippen molar-refractivity contribution >= 4 is 40.4 Å². The van der Waals surface area contributed by atoms with Crippen molar-refractivity contribution in [2.45, 2.75) is 19.5 Å². The number of carbonyl (C=O) groups is 1. The van der Waals surface area contributed by atoms with Gasteiger partial charge in [0.15, 0.2) is 0 Å². The van der Waals surface area contributed by atoms with E-state index in [0.29, 0.717) is 15.0 Å². The molecule has 130 valence electrons. The molecular formula is C15H13Cl2N5O2S. The summed E-state index contributed by atoms with van der Waals surface area (Å²) in [6.07, 6.45) is 0. The Hall–Kier alpha value is -2.16. The van der Waals surface area contributed by atoms with Crippen LogP contribution in [0.25, 0.3) is 5.00 Å². The lowest BCUT2D eigenvalue weighted by molar-refractivity contribution is -0.122. The van der Waals surface area contributed by atoms with Crippen LogP contribution in [0.15, 0.2) is 40.5 Å². The molecule has 0 spiro atoms. The SMILES string of the molecule is CC(NC(=O)Cn1nnn(-c2cccs2)c1=O)c1ccc(Cl)c(Cl)c1. The summed E-state index contributed by atoms with van der Waals surface area (Å²) in [6.45, 7) is 1.58. The number of tetrazole rings is 1. The Morgan fingerprint density at radius 3 is 2.76 bits per heavy atom. The van der Waals surface area contributed by atoms with Gasteiger partial charge in [0, 0.05) is 0 Å². The zero-order valence-electron chi connectivity index (χ0n) is 13.0. The number of carbonyl (C=O) groups excluding carboxylic acids is 1. The summed E-state index contributed by atoms with van der Waals surface area (Å²) in [4.78, 5) is 24.4. The standard InChI is InChI=1S/C15H13Cl2N5O2S/c1-9(10-4-5-11(16)12(17)7-10)18-13(23)8-21-15(24)22(20-19-21)14-3-2-6-25-14/h2-7,9H,8H2,1H3,(H,18,23). The lowest BCUT2D eigenvalue weighted by Gasteiger charge is -2.14. The minimum absolute atomic E-state index is 0.226. The van der Waals surface area contributed by atoms with Gasteiger partial charge in [-0.1, -0.05) is 29.3 Å². The second-order valence-corrected chi connectivity index (χ2v) is 6.99. The molecule has 25 heavy (non-hydrogen) atoms. The van der Waals surface area contributed by atoms with Crippen LogP contribution in [-0.4, -0.2) is 25.7 Å². The average Bonchev–Trinajstić information content (AvgIpc) is 3.20. The molecule has 0 saturated heterocycles. The highest BCUT2D eigenvalue weighted by atomic mass is 35.5. The highest BCUT2D eigenvalue weighted by Crippen LogP contribution is 2.25. The smallest absolute Gasteiger partial charge is 0.348 e. The number of halogens is 2. The van der Waals surface area contributed by atoms with E-state index in [9.17, 15) is 9.59 Å². The maximum absolute atomic E-state index is 12.2. The molecule has 3 rings (SSSR count). The van der Waals surface area contributed by atoms with Crippen LogP contribution < -0.4 is 11.0 Å². The van der Waals surface area contributed by atoms with Crippen molar-refractivity contribution in [3.63, 3.8) is 0 Å². The van der Waals surface area contributed by atoms with Gasteiger partial charge in [-0.2, -0.15) is 9.36 Å². The van der Waals surface area contributed by atoms with Gasteiger partial charge in [-0.25, -0.2) is 4.79 Å². The number of hydrogen-bond acceptors (Lipinski definition) is 5. The number of amides is 1. The molecule has 3 aromatic rings. The molecule has 0 aliphatic heterocycles. The molecule has 0 fully saturated rings. The molecule has 1 unspecified atom stereocenters. The van der Waals surface area contributed by atoms with Crippen LogP contribution in [0.1, 0.15) is 18.5 Å². The summed E-state index contributed by atoms with van der Waals surface area (Å²) in [5.41, 5.74) is 0.331. The Labute approximate surface area is 156 Å². The van der Waals surface area contributed by atoms with Crippen molar-refractivity contribution in [1.29, 1.82) is 0 Å². The van der Waals surface area contributed by atoms with Crippen molar-refractivity contribution in [2.24, 2.45) is 0 Å². The van der Waals surface area contributed by atoms with Crippen LogP contribution in [0.5, 0.6) is 0 Å². The van der Waals surface area contributed by atoms with Gasteiger partial charge in [-0.3, -0.25) is 4.79 Å². The summed E-state index contributed by atoms with van der Waals surface area (Å²) in [6, 6.07) is 8.38. The highest BCUT2D eigenvalue weighted by molar-refractivity contribution is 7.12. The van der Waals surface area contributed by atoms with Crippen molar-refractivity contribution in [3.05, 3.63) is 61.8 Å². The summed E-state index contributed by atoms with van der Waals surface area (Å²) in [5, 5.41) is 13.6. The number of thiophene rings is 1. The molecule has 0 radical (unpaired) electrons. The molecular weight excluding hydrogens is 385 g/mol. The quantitative estimate of drug-likeness (QED) is 0.717. The van der Waals surface area contributed by atoms with Crippen molar-refractivity contribution in [2.75, 3.05) is 0 Å². The molecule has 2 heterocycles. The average molecular weight is 398 g/mol. The number of aromatic nitrogens is 4. The largest absolute Gasteiger partial charge is 0.369 e. The molecule has 0 bridgehead atoms. The normalized spacial score (nSPS) is 12.1. The first-order chi connectivity index (χ1) is 12.0. The topological polar surface area (TPSA) is 81.8 Å². The van der Waals surface area contributed by atoms with Crippen LogP contribution in [0.4, 0.5) is 0 Å². The molecule has 1 aromatic carbocycles. The van der Waals surface area contributed by atoms with Crippen molar-refractivity contribution in [3.8, 4) is 5.00 Å². The van der Waals surface area contributed by atoms with Crippen LogP contribution in [0, 0.1) is 0 Å². The van der Waals surface area contributed by atoms with Gasteiger partial charge in [-0.05, 0) is 52.6 Å². The highest BCUT2D eigenvalue weighted by Gasteiger charge is 2.15. The van der Waals surface area contributed by atoms with Crippen LogP contribution in [0.3, 0.4) is 0 Å². The second-order valence-electron chi connectivity index (χ2n) is 5.24. The lowest BCUT2D eigenvalue weighted by Crippen LogP contribution is -2.34. The van der Waals surface area contributed by atoms with Crippen LogP contribution >= 0.6 is 34.5 Å². The van der Waals surface area contributed by atoms with Gasteiger partial charge < -0.3 is 5.32 Å². The predicted molar refractivity (Wildman–Crippen MR) is 96.5 cm³/mol. The Balaban J connectivity index is 1.68. The number of benzene rings is 1. The molecule has 2 aromatic heterocycles. The lowest BCUT2D eigenvalue weighted by atomic mass is 10.1. The van der Waals surface area contributed by atoms with E-state index >= 15 is 0 Å². The van der Waals surface area contributed by atoms with E-state index in [1.165, 1.54) is 11.3 Å². The monoisotopic (exact) mass is 397 g/mol. The molecule has 0 aliphatic carbocycles. The van der Waals surface area contributed by atoms with E-state index in [4.69, 9.17) is 23.2 Å². The molecule has 0 saturated carbocycles. The Morgan fingerprint density at radius 1 is 1.28 bits per heavy atom. The Morgan fingerprint density at radius 2 is 2.08 bits per heavy atom. The zero-order chi connectivity index (χ0) is 18.0. The minimum Gasteiger partial charge on any atom is -0.348 e. The van der Waals surface area contributed by atoms with E-state index in [2.05, 4.69) is 15.7 Å². The second kappa shape index (κ2) is 7.38. The fourth-order valence-electron chi connectivity index (χ4n) is 2.19. The summed E-state index contributed by atoms with van der Waals surface area (Å²) in [7, 11) is 0. The van der Waals surface area contributed by atoms with Crippen LogP contribution in [-0.2, 0) is 11.3 Å². The van der Waals surface area contributed by atoms with Gasteiger partial charge in [0.2, 0.25) is 5.91 Å². The third-order valence-corrected chi connectivity index (χ3v) is 5.05. The number of nitrogens with one attached hydrogen (secondary N) is 1. The molecule has 7 nitrogen and oxygen atoms in total. The van der Waals surface area contributed by atoms with E-state index in [0.717, 1.165) is 14.9 Å². The first-order valence-electron chi connectivity index (χ1n) is 7.26. The summed E-state index contributed by atoms with van der Waals surface area (Å²) in [5.74, 6) is -0.362. The molecule has 1 atom stereocenters. The number of nitrogens with zero attached hydrogens (tertiary/aromatic N) is 4. The van der Waals surface area contributed by atoms with Crippen molar-refractivity contribution in [1.82, 2.24) is 25.1 Å². The van der Waals surface area contributed by atoms with Crippen molar-refractivity contribution < 1.29 is 4.79 Å². The fraction of sp³-hybridized carbons (Fsp3) is 0.200. The third-order valence-electron chi connectivity index (χ3n) is 3.47. The maximum atomic E-state index is 12.2. The van der Waals surface area contributed by atoms with Gasteiger partial charge in [0.25, 0.3) is 0 Å². The van der Waals surface area contributed by atoms with Gasteiger partial charge in [0.05, 0.1) is 16.1 Å². The van der Waals surface area contributed by atoms with E-state index in [1.807, 2.05) is 12.3 Å². The predicted octanol–water partition coefficient (Wildman–Crippen LogP) is 2.67. The molecule has 0 aliphatic rings. The summed E-state index contributed by atoms with van der Waals surface area (Å²) >= 11 is 13.2. The van der Waals surface area contributed by atoms with Gasteiger partial charge >= 0.3 is 5.69 Å². The van der Waals surface area contributed by atoms with Gasteiger partial charge in [0.1, 0.15) is 11.5 Å². The number of hydrogen-bond donors (Lipinski definition) is 1. The van der Waals surface area contributed by atoms with E-state index < -0.39 is 5.69 Å². The zero-order valence-corrected chi connectivity index (χ0v) is 15.3. The molecule has 1 amide bonds. The minimum atomic E-state index is -0.472. The number of rotatable bonds is 5. The molecule has 1 N–H and O–H groups in total.